The van der Waals surface area contributed by atoms with Gasteiger partial charge in [0.1, 0.15) is 17.3 Å². The Hall–Kier alpha value is -1.13. The van der Waals surface area contributed by atoms with Gasteiger partial charge in [0.05, 0.1) is 4.34 Å². The molecule has 1 nitrogen and oxygen atoms in total. The first-order valence-electron chi connectivity index (χ1n) is 5.02. The second kappa shape index (κ2) is 5.02. The van der Waals surface area contributed by atoms with Crippen molar-refractivity contribution >= 4 is 28.6 Å². The van der Waals surface area contributed by atoms with E-state index in [0.717, 1.165) is 5.56 Å². The fourth-order valence-electron chi connectivity index (χ4n) is 1.49. The van der Waals surface area contributed by atoms with Crippen molar-refractivity contribution in [1.29, 1.82) is 0 Å². The monoisotopic (exact) mass is 273 g/mol. The number of hydrogen-bond acceptors (Lipinski definition) is 2. The summed E-state index contributed by atoms with van der Waals surface area (Å²) in [7, 11) is 0. The third-order valence-electron chi connectivity index (χ3n) is 2.41. The molecule has 2 rings (SSSR count). The molecule has 0 aliphatic carbocycles. The molecule has 0 spiro atoms. The quantitative estimate of drug-likeness (QED) is 0.843. The zero-order valence-corrected chi connectivity index (χ0v) is 10.6. The van der Waals surface area contributed by atoms with Crippen molar-refractivity contribution in [1.82, 2.24) is 0 Å². The van der Waals surface area contributed by atoms with Crippen molar-refractivity contribution in [3.8, 4) is 0 Å². The van der Waals surface area contributed by atoms with Crippen LogP contribution in [0.15, 0.2) is 29.6 Å². The summed E-state index contributed by atoms with van der Waals surface area (Å²) in [5.74, 6) is -1.20. The molecule has 0 aliphatic heterocycles. The fraction of sp³-hybridized carbons (Fsp3) is 0.167. The topological polar surface area (TPSA) is 12.0 Å². The van der Waals surface area contributed by atoms with Crippen molar-refractivity contribution in [3.05, 3.63) is 51.2 Å². The third kappa shape index (κ3) is 2.76. The first-order valence-corrected chi connectivity index (χ1v) is 6.28. The van der Waals surface area contributed by atoms with E-state index in [-0.39, 0.29) is 11.7 Å². The third-order valence-corrected chi connectivity index (χ3v) is 3.52. The zero-order chi connectivity index (χ0) is 12.4. The molecule has 1 aromatic heterocycles. The Morgan fingerprint density at radius 3 is 2.47 bits per heavy atom. The van der Waals surface area contributed by atoms with Crippen LogP contribution in [0.3, 0.4) is 0 Å². The molecule has 17 heavy (non-hydrogen) atoms. The van der Waals surface area contributed by atoms with Gasteiger partial charge in [0.15, 0.2) is 0 Å². The van der Waals surface area contributed by atoms with E-state index in [1.807, 2.05) is 12.3 Å². The summed E-state index contributed by atoms with van der Waals surface area (Å²) in [6.45, 7) is 1.82. The summed E-state index contributed by atoms with van der Waals surface area (Å²) in [4.78, 5) is 0. The first-order chi connectivity index (χ1) is 8.08. The highest BCUT2D eigenvalue weighted by atomic mass is 35.5. The van der Waals surface area contributed by atoms with Crippen LogP contribution in [-0.4, -0.2) is 0 Å². The van der Waals surface area contributed by atoms with Crippen LogP contribution in [0, 0.1) is 11.6 Å². The van der Waals surface area contributed by atoms with E-state index in [9.17, 15) is 8.78 Å². The molecule has 1 aromatic carbocycles. The smallest absolute Gasteiger partial charge is 0.149 e. The number of para-hydroxylation sites is 1. The van der Waals surface area contributed by atoms with Crippen LogP contribution in [0.4, 0.5) is 14.5 Å². The molecule has 2 aromatic rings. The maximum atomic E-state index is 13.4. The molecule has 0 fully saturated rings. The highest BCUT2D eigenvalue weighted by molar-refractivity contribution is 7.14. The van der Waals surface area contributed by atoms with Crippen LogP contribution < -0.4 is 5.32 Å². The minimum atomic E-state index is -0.599. The lowest BCUT2D eigenvalue weighted by molar-refractivity contribution is 0.584. The molecule has 0 amide bonds. The standard InChI is InChI=1S/C12H10ClF2NS/c1-7(8-5-11(13)17-6-8)16-12-9(14)3-2-4-10(12)15/h2-7,16H,1H3. The lowest BCUT2D eigenvalue weighted by Gasteiger charge is -2.15. The second-order valence-electron chi connectivity index (χ2n) is 3.65. The molecule has 1 atom stereocenters. The molecule has 1 heterocycles. The van der Waals surface area contributed by atoms with Crippen molar-refractivity contribution < 1.29 is 8.78 Å². The van der Waals surface area contributed by atoms with Gasteiger partial charge in [-0.15, -0.1) is 11.3 Å². The number of nitrogens with one attached hydrogen (secondary N) is 1. The van der Waals surface area contributed by atoms with E-state index >= 15 is 0 Å². The summed E-state index contributed by atoms with van der Waals surface area (Å²) in [5, 5.41) is 4.67. The minimum Gasteiger partial charge on any atom is -0.374 e. The average Bonchev–Trinajstić information content (AvgIpc) is 2.70. The molecule has 90 valence electrons. The van der Waals surface area contributed by atoms with E-state index in [2.05, 4.69) is 5.32 Å². The van der Waals surface area contributed by atoms with Gasteiger partial charge in [0, 0.05) is 6.04 Å². The normalized spacial score (nSPS) is 12.5. The van der Waals surface area contributed by atoms with Crippen molar-refractivity contribution in [3.63, 3.8) is 0 Å². The van der Waals surface area contributed by atoms with Crippen LogP contribution in [-0.2, 0) is 0 Å². The molecule has 0 saturated heterocycles. The van der Waals surface area contributed by atoms with Gasteiger partial charge in [-0.05, 0) is 36.1 Å². The first kappa shape index (κ1) is 12.3. The summed E-state index contributed by atoms with van der Waals surface area (Å²) in [5.41, 5.74) is 0.796. The minimum absolute atomic E-state index is 0.109. The average molecular weight is 274 g/mol. The van der Waals surface area contributed by atoms with Crippen LogP contribution in [0.25, 0.3) is 0 Å². The zero-order valence-electron chi connectivity index (χ0n) is 9.01. The van der Waals surface area contributed by atoms with E-state index in [4.69, 9.17) is 11.6 Å². The lowest BCUT2D eigenvalue weighted by atomic mass is 10.1. The molecular weight excluding hydrogens is 264 g/mol. The van der Waals surface area contributed by atoms with Crippen molar-refractivity contribution in [2.45, 2.75) is 13.0 Å². The summed E-state index contributed by atoms with van der Waals surface area (Å²) < 4.78 is 27.5. The van der Waals surface area contributed by atoms with Crippen LogP contribution >= 0.6 is 22.9 Å². The van der Waals surface area contributed by atoms with E-state index in [0.29, 0.717) is 4.34 Å². The van der Waals surface area contributed by atoms with Gasteiger partial charge >= 0.3 is 0 Å². The Bertz CT molecular complexity index is 507. The molecule has 5 heteroatoms. The van der Waals surface area contributed by atoms with E-state index in [1.165, 1.54) is 29.5 Å². The number of halogens is 3. The Labute approximate surface area is 107 Å². The number of hydrogen-bond donors (Lipinski definition) is 1. The summed E-state index contributed by atoms with van der Waals surface area (Å²) in [6, 6.07) is 5.35. The Balaban J connectivity index is 2.21. The SMILES string of the molecule is CC(Nc1c(F)cccc1F)c1csc(Cl)c1. The van der Waals surface area contributed by atoms with Gasteiger partial charge in [0.2, 0.25) is 0 Å². The fourth-order valence-corrected chi connectivity index (χ4v) is 2.47. The van der Waals surface area contributed by atoms with Crippen molar-refractivity contribution in [2.24, 2.45) is 0 Å². The predicted octanol–water partition coefficient (Wildman–Crippen LogP) is 4.85. The molecular formula is C12H10ClF2NS. The summed E-state index contributed by atoms with van der Waals surface area (Å²) in [6.07, 6.45) is 0. The van der Waals surface area contributed by atoms with Gasteiger partial charge in [-0.25, -0.2) is 8.78 Å². The van der Waals surface area contributed by atoms with Crippen molar-refractivity contribution in [2.75, 3.05) is 5.32 Å². The Morgan fingerprint density at radius 2 is 1.94 bits per heavy atom. The van der Waals surface area contributed by atoms with E-state index < -0.39 is 11.6 Å². The highest BCUT2D eigenvalue weighted by Gasteiger charge is 2.13. The second-order valence-corrected chi connectivity index (χ2v) is 5.19. The molecule has 0 aliphatic rings. The molecule has 0 radical (unpaired) electrons. The lowest BCUT2D eigenvalue weighted by Crippen LogP contribution is -2.08. The highest BCUT2D eigenvalue weighted by Crippen LogP contribution is 2.28. The number of benzene rings is 1. The van der Waals surface area contributed by atoms with Crippen LogP contribution in [0.1, 0.15) is 18.5 Å². The van der Waals surface area contributed by atoms with Gasteiger partial charge in [-0.1, -0.05) is 17.7 Å². The van der Waals surface area contributed by atoms with Gasteiger partial charge in [-0.3, -0.25) is 0 Å². The molecule has 0 saturated carbocycles. The largest absolute Gasteiger partial charge is 0.374 e. The van der Waals surface area contributed by atoms with Gasteiger partial charge < -0.3 is 5.32 Å². The van der Waals surface area contributed by atoms with Gasteiger partial charge in [0.25, 0.3) is 0 Å². The molecule has 1 unspecified atom stereocenters. The number of rotatable bonds is 3. The van der Waals surface area contributed by atoms with Crippen LogP contribution in [0.5, 0.6) is 0 Å². The number of anilines is 1. The van der Waals surface area contributed by atoms with Crippen LogP contribution in [0.2, 0.25) is 4.34 Å². The number of thiophene rings is 1. The van der Waals surface area contributed by atoms with E-state index in [1.54, 1.807) is 6.07 Å². The Kier molecular flexibility index (Phi) is 3.64. The summed E-state index contributed by atoms with van der Waals surface area (Å²) >= 11 is 7.20. The maximum Gasteiger partial charge on any atom is 0.149 e. The maximum absolute atomic E-state index is 13.4. The molecule has 0 bridgehead atoms. The molecule has 1 N–H and O–H groups in total. The Morgan fingerprint density at radius 1 is 1.29 bits per heavy atom. The predicted molar refractivity (Wildman–Crippen MR) is 67.7 cm³/mol. The van der Waals surface area contributed by atoms with Gasteiger partial charge in [-0.2, -0.15) is 0 Å².